The summed E-state index contributed by atoms with van der Waals surface area (Å²) in [5.41, 5.74) is 1.39. The lowest BCUT2D eigenvalue weighted by Crippen LogP contribution is -2.51. The highest BCUT2D eigenvalue weighted by atomic mass is 15.3. The molecule has 2 heteroatoms. The number of hydrogen-bond donors (Lipinski definition) is 0. The van der Waals surface area contributed by atoms with E-state index in [4.69, 9.17) is 0 Å². The van der Waals surface area contributed by atoms with Crippen LogP contribution in [0.1, 0.15) is 32.6 Å². The first-order chi connectivity index (χ1) is 9.33. The highest BCUT2D eigenvalue weighted by Gasteiger charge is 2.27. The topological polar surface area (TPSA) is 6.48 Å². The van der Waals surface area contributed by atoms with Crippen molar-refractivity contribution in [3.05, 3.63) is 30.3 Å². The van der Waals surface area contributed by atoms with Gasteiger partial charge in [-0.25, -0.2) is 0 Å². The smallest absolute Gasteiger partial charge is 0.0367 e. The van der Waals surface area contributed by atoms with Gasteiger partial charge < -0.3 is 4.90 Å². The third kappa shape index (κ3) is 3.11. The van der Waals surface area contributed by atoms with Gasteiger partial charge in [-0.05, 0) is 30.9 Å². The molecule has 0 radical (unpaired) electrons. The summed E-state index contributed by atoms with van der Waals surface area (Å²) in [5, 5.41) is 0. The Morgan fingerprint density at radius 3 is 2.37 bits per heavy atom. The molecule has 2 atom stereocenters. The number of anilines is 1. The molecule has 1 heterocycles. The predicted octanol–water partition coefficient (Wildman–Crippen LogP) is 3.39. The molecule has 0 bridgehead atoms. The van der Waals surface area contributed by atoms with Crippen LogP contribution in [0.2, 0.25) is 0 Å². The number of rotatable bonds is 2. The molecule has 0 aromatic heterocycles. The Morgan fingerprint density at radius 2 is 1.68 bits per heavy atom. The van der Waals surface area contributed by atoms with Gasteiger partial charge >= 0.3 is 0 Å². The Bertz CT molecular complexity index is 382. The molecule has 19 heavy (non-hydrogen) atoms. The van der Waals surface area contributed by atoms with E-state index in [1.165, 1.54) is 57.5 Å². The second-order valence-corrected chi connectivity index (χ2v) is 6.28. The Hall–Kier alpha value is -1.02. The van der Waals surface area contributed by atoms with Crippen LogP contribution in [0.4, 0.5) is 5.69 Å². The second-order valence-electron chi connectivity index (χ2n) is 6.28. The predicted molar refractivity (Wildman–Crippen MR) is 81.6 cm³/mol. The van der Waals surface area contributed by atoms with Gasteiger partial charge in [0.05, 0.1) is 0 Å². The number of piperazine rings is 1. The van der Waals surface area contributed by atoms with E-state index in [9.17, 15) is 0 Å². The van der Waals surface area contributed by atoms with E-state index in [1.807, 2.05) is 0 Å². The lowest BCUT2D eigenvalue weighted by atomic mass is 9.86. The monoisotopic (exact) mass is 258 g/mol. The zero-order valence-electron chi connectivity index (χ0n) is 12.1. The molecule has 104 valence electrons. The number of nitrogens with zero attached hydrogens (tertiary/aromatic N) is 2. The summed E-state index contributed by atoms with van der Waals surface area (Å²) in [6.45, 7) is 7.29. The van der Waals surface area contributed by atoms with Crippen LogP contribution in [-0.4, -0.2) is 37.1 Å². The van der Waals surface area contributed by atoms with Crippen LogP contribution in [0.15, 0.2) is 30.3 Å². The minimum absolute atomic E-state index is 0.863. The number of para-hydroxylation sites is 1. The van der Waals surface area contributed by atoms with Crippen LogP contribution >= 0.6 is 0 Å². The summed E-state index contributed by atoms with van der Waals surface area (Å²) >= 11 is 0. The van der Waals surface area contributed by atoms with Crippen LogP contribution in [0.5, 0.6) is 0 Å². The normalized spacial score (nSPS) is 29.4. The van der Waals surface area contributed by atoms with Crippen LogP contribution in [-0.2, 0) is 0 Å². The van der Waals surface area contributed by atoms with Crippen molar-refractivity contribution >= 4 is 5.69 Å². The van der Waals surface area contributed by atoms with Crippen LogP contribution < -0.4 is 4.90 Å². The molecule has 0 N–H and O–H groups in total. The zero-order chi connectivity index (χ0) is 13.1. The summed E-state index contributed by atoms with van der Waals surface area (Å²) < 4.78 is 0. The van der Waals surface area contributed by atoms with Gasteiger partial charge in [-0.2, -0.15) is 0 Å². The molecule has 1 aromatic carbocycles. The molecule has 0 amide bonds. The van der Waals surface area contributed by atoms with Crippen molar-refractivity contribution in [1.29, 1.82) is 0 Å². The fraction of sp³-hybridized carbons (Fsp3) is 0.647. The van der Waals surface area contributed by atoms with Crippen molar-refractivity contribution < 1.29 is 0 Å². The molecule has 1 aliphatic carbocycles. The van der Waals surface area contributed by atoms with Crippen molar-refractivity contribution in [3.8, 4) is 0 Å². The summed E-state index contributed by atoms with van der Waals surface area (Å²) in [5.74, 6) is 0.936. The number of benzene rings is 1. The Labute approximate surface area is 117 Å². The molecule has 1 aromatic rings. The van der Waals surface area contributed by atoms with Crippen LogP contribution in [0, 0.1) is 5.92 Å². The zero-order valence-corrected chi connectivity index (χ0v) is 12.1. The maximum atomic E-state index is 2.75. The van der Waals surface area contributed by atoms with E-state index in [0.717, 1.165) is 12.0 Å². The molecule has 2 aliphatic rings. The molecule has 0 unspecified atom stereocenters. The molecule has 0 spiro atoms. The van der Waals surface area contributed by atoms with Gasteiger partial charge in [0.25, 0.3) is 0 Å². The maximum Gasteiger partial charge on any atom is 0.0367 e. The second kappa shape index (κ2) is 5.96. The average molecular weight is 258 g/mol. The van der Waals surface area contributed by atoms with E-state index < -0.39 is 0 Å². The minimum Gasteiger partial charge on any atom is -0.369 e. The first kappa shape index (κ1) is 13.0. The van der Waals surface area contributed by atoms with Gasteiger partial charge in [0, 0.05) is 37.9 Å². The van der Waals surface area contributed by atoms with Gasteiger partial charge in [-0.3, -0.25) is 4.90 Å². The van der Waals surface area contributed by atoms with E-state index in [1.54, 1.807) is 0 Å². The molecular formula is C17H26N2. The average Bonchev–Trinajstić information content (AvgIpc) is 2.48. The molecule has 1 saturated carbocycles. The summed E-state index contributed by atoms with van der Waals surface area (Å²) in [4.78, 5) is 5.28. The Kier molecular flexibility index (Phi) is 4.07. The van der Waals surface area contributed by atoms with Gasteiger partial charge in [-0.1, -0.05) is 38.0 Å². The van der Waals surface area contributed by atoms with E-state index in [-0.39, 0.29) is 0 Å². The lowest BCUT2D eigenvalue weighted by molar-refractivity contribution is 0.127. The standard InChI is InChI=1S/C17H26N2/c1-15-6-5-9-17(14-15)19-12-10-18(11-13-19)16-7-3-2-4-8-16/h2-4,7-8,15,17H,5-6,9-14H2,1H3/t15-,17-/m0/s1. The van der Waals surface area contributed by atoms with Crippen molar-refractivity contribution in [2.75, 3.05) is 31.1 Å². The fourth-order valence-corrected chi connectivity index (χ4v) is 3.72. The molecule has 1 saturated heterocycles. The molecule has 1 aliphatic heterocycles. The van der Waals surface area contributed by atoms with Crippen molar-refractivity contribution in [2.45, 2.75) is 38.6 Å². The van der Waals surface area contributed by atoms with Crippen LogP contribution in [0.3, 0.4) is 0 Å². The van der Waals surface area contributed by atoms with Gasteiger partial charge in [-0.15, -0.1) is 0 Å². The van der Waals surface area contributed by atoms with E-state index in [0.29, 0.717) is 0 Å². The molecule has 2 fully saturated rings. The lowest BCUT2D eigenvalue weighted by Gasteiger charge is -2.42. The number of hydrogen-bond acceptors (Lipinski definition) is 2. The van der Waals surface area contributed by atoms with Crippen LogP contribution in [0.25, 0.3) is 0 Å². The summed E-state index contributed by atoms with van der Waals surface area (Å²) in [6.07, 6.45) is 5.73. The molecule has 3 rings (SSSR count). The maximum absolute atomic E-state index is 2.75. The first-order valence-corrected chi connectivity index (χ1v) is 7.87. The minimum atomic E-state index is 0.863. The quantitative estimate of drug-likeness (QED) is 0.802. The van der Waals surface area contributed by atoms with Gasteiger partial charge in [0.15, 0.2) is 0 Å². The third-order valence-corrected chi connectivity index (χ3v) is 4.86. The highest BCUT2D eigenvalue weighted by Crippen LogP contribution is 2.28. The van der Waals surface area contributed by atoms with Crippen molar-refractivity contribution in [3.63, 3.8) is 0 Å². The van der Waals surface area contributed by atoms with Crippen molar-refractivity contribution in [1.82, 2.24) is 4.90 Å². The van der Waals surface area contributed by atoms with Crippen molar-refractivity contribution in [2.24, 2.45) is 5.92 Å². The Balaban J connectivity index is 1.54. The first-order valence-electron chi connectivity index (χ1n) is 7.87. The third-order valence-electron chi connectivity index (χ3n) is 4.86. The van der Waals surface area contributed by atoms with Gasteiger partial charge in [0.1, 0.15) is 0 Å². The fourth-order valence-electron chi connectivity index (χ4n) is 3.72. The highest BCUT2D eigenvalue weighted by molar-refractivity contribution is 5.46. The summed E-state index contributed by atoms with van der Waals surface area (Å²) in [6, 6.07) is 11.7. The molecular weight excluding hydrogens is 232 g/mol. The van der Waals surface area contributed by atoms with E-state index >= 15 is 0 Å². The largest absolute Gasteiger partial charge is 0.369 e. The molecule has 2 nitrogen and oxygen atoms in total. The Morgan fingerprint density at radius 1 is 0.947 bits per heavy atom. The SMILES string of the molecule is C[C@H]1CCC[C@H](N2CCN(c3ccccc3)CC2)C1. The van der Waals surface area contributed by atoms with E-state index in [2.05, 4.69) is 47.1 Å². The van der Waals surface area contributed by atoms with Gasteiger partial charge in [0.2, 0.25) is 0 Å². The summed E-state index contributed by atoms with van der Waals surface area (Å²) in [7, 11) is 0.